The van der Waals surface area contributed by atoms with E-state index in [0.717, 1.165) is 51.7 Å². The van der Waals surface area contributed by atoms with E-state index in [-0.39, 0.29) is 12.1 Å². The number of fused-ring (bicyclic) bond motifs is 2. The fourth-order valence-corrected chi connectivity index (χ4v) is 4.19. The molecule has 1 aromatic carbocycles. The van der Waals surface area contributed by atoms with Crippen molar-refractivity contribution in [3.05, 3.63) is 36.7 Å². The number of nitrogens with one attached hydrogen (secondary N) is 2. The van der Waals surface area contributed by atoms with Crippen LogP contribution in [0.5, 0.6) is 5.75 Å². The fraction of sp³-hybridized carbons (Fsp3) is 0.318. The number of hydrogen-bond acceptors (Lipinski definition) is 7. The van der Waals surface area contributed by atoms with Crippen LogP contribution >= 0.6 is 0 Å². The zero-order chi connectivity index (χ0) is 20.7. The molecule has 1 fully saturated rings. The van der Waals surface area contributed by atoms with Gasteiger partial charge in [0.25, 0.3) is 0 Å². The van der Waals surface area contributed by atoms with Crippen LogP contribution in [0.2, 0.25) is 0 Å². The summed E-state index contributed by atoms with van der Waals surface area (Å²) in [6.07, 6.45) is 7.87. The molecule has 5 rings (SSSR count). The second-order valence-corrected chi connectivity index (χ2v) is 7.85. The predicted molar refractivity (Wildman–Crippen MR) is 119 cm³/mol. The summed E-state index contributed by atoms with van der Waals surface area (Å²) < 4.78 is 5.34. The van der Waals surface area contributed by atoms with E-state index in [1.165, 1.54) is 12.8 Å². The Morgan fingerprint density at radius 2 is 2.00 bits per heavy atom. The Kier molecular flexibility index (Phi) is 4.63. The number of nitrogen functional groups attached to an aromatic ring is 1. The minimum absolute atomic E-state index is 0.115. The molecule has 1 aliphatic rings. The van der Waals surface area contributed by atoms with E-state index in [9.17, 15) is 0 Å². The summed E-state index contributed by atoms with van der Waals surface area (Å²) in [6, 6.07) is 8.28. The Balaban J connectivity index is 1.58. The third-order valence-corrected chi connectivity index (χ3v) is 5.90. The standard InChI is InChI=1S/C22H25N7O/c1-30-13-6-7-17-12(8-13)9-19(27-17)14-10-25-21(24)15-11-26-22(29-20(14)15)28-18-5-3-2-4-16(18)23/h6-11,16,18,27H,2-5,23H2,1H3,(H2,24,25)(H,26,28,29)/t16-,18+/m1/s1. The topological polar surface area (TPSA) is 128 Å². The SMILES string of the molecule is COc1ccc2[nH]c(-c3cnc(N)c4cnc(N[C@H]5CCCC[C@H]5N)nc34)cc2c1. The van der Waals surface area contributed by atoms with Gasteiger partial charge in [0, 0.05) is 40.9 Å². The molecule has 0 spiro atoms. The number of ether oxygens (including phenoxy) is 1. The number of hydrogen-bond donors (Lipinski definition) is 4. The zero-order valence-corrected chi connectivity index (χ0v) is 16.9. The molecule has 154 valence electrons. The number of nitrogens with zero attached hydrogens (tertiary/aromatic N) is 3. The Morgan fingerprint density at radius 3 is 2.83 bits per heavy atom. The maximum Gasteiger partial charge on any atom is 0.223 e. The van der Waals surface area contributed by atoms with Gasteiger partial charge in [-0.1, -0.05) is 12.8 Å². The highest BCUT2D eigenvalue weighted by molar-refractivity contribution is 6.00. The first-order chi connectivity index (χ1) is 14.6. The van der Waals surface area contributed by atoms with Gasteiger partial charge in [-0.15, -0.1) is 0 Å². The summed E-state index contributed by atoms with van der Waals surface area (Å²) in [5, 5.41) is 5.20. The van der Waals surface area contributed by atoms with Gasteiger partial charge in [0.15, 0.2) is 0 Å². The van der Waals surface area contributed by atoms with Gasteiger partial charge in [-0.3, -0.25) is 0 Å². The molecule has 0 radical (unpaired) electrons. The van der Waals surface area contributed by atoms with Gasteiger partial charge in [0.1, 0.15) is 11.6 Å². The highest BCUT2D eigenvalue weighted by atomic mass is 16.5. The van der Waals surface area contributed by atoms with Crippen LogP contribution in [0, 0.1) is 0 Å². The molecule has 2 atom stereocenters. The van der Waals surface area contributed by atoms with E-state index in [0.29, 0.717) is 11.8 Å². The summed E-state index contributed by atoms with van der Waals surface area (Å²) in [5.41, 5.74) is 15.9. The van der Waals surface area contributed by atoms with Crippen molar-refractivity contribution in [2.45, 2.75) is 37.8 Å². The van der Waals surface area contributed by atoms with Crippen LogP contribution in [0.1, 0.15) is 25.7 Å². The maximum atomic E-state index is 6.29. The van der Waals surface area contributed by atoms with Crippen molar-refractivity contribution in [1.82, 2.24) is 19.9 Å². The van der Waals surface area contributed by atoms with Crippen molar-refractivity contribution in [3.8, 4) is 17.0 Å². The van der Waals surface area contributed by atoms with E-state index in [1.807, 2.05) is 18.2 Å². The Bertz CT molecular complexity index is 1220. The van der Waals surface area contributed by atoms with Crippen molar-refractivity contribution >= 4 is 33.6 Å². The van der Waals surface area contributed by atoms with E-state index in [2.05, 4.69) is 26.3 Å². The Hall–Kier alpha value is -3.39. The highest BCUT2D eigenvalue weighted by Gasteiger charge is 2.23. The monoisotopic (exact) mass is 403 g/mol. The molecule has 6 N–H and O–H groups in total. The quantitative estimate of drug-likeness (QED) is 0.411. The molecule has 1 aliphatic carbocycles. The van der Waals surface area contributed by atoms with E-state index < -0.39 is 0 Å². The van der Waals surface area contributed by atoms with Crippen LogP contribution < -0.4 is 21.5 Å². The fourth-order valence-electron chi connectivity index (χ4n) is 4.19. The number of nitrogens with two attached hydrogens (primary N) is 2. The summed E-state index contributed by atoms with van der Waals surface area (Å²) >= 11 is 0. The number of rotatable bonds is 4. The second-order valence-electron chi connectivity index (χ2n) is 7.85. The van der Waals surface area contributed by atoms with Crippen molar-refractivity contribution in [1.29, 1.82) is 0 Å². The molecule has 30 heavy (non-hydrogen) atoms. The van der Waals surface area contributed by atoms with E-state index in [1.54, 1.807) is 19.5 Å². The van der Waals surface area contributed by atoms with Gasteiger partial charge in [0.05, 0.1) is 23.7 Å². The molecule has 8 nitrogen and oxygen atoms in total. The van der Waals surface area contributed by atoms with Gasteiger partial charge in [-0.25, -0.2) is 15.0 Å². The maximum absolute atomic E-state index is 6.29. The predicted octanol–water partition coefficient (Wildman–Crippen LogP) is 3.45. The second kappa shape index (κ2) is 7.46. The summed E-state index contributed by atoms with van der Waals surface area (Å²) in [7, 11) is 1.66. The number of aromatic amines is 1. The van der Waals surface area contributed by atoms with Crippen molar-refractivity contribution in [3.63, 3.8) is 0 Å². The first-order valence-corrected chi connectivity index (χ1v) is 10.2. The summed E-state index contributed by atoms with van der Waals surface area (Å²) in [6.45, 7) is 0. The van der Waals surface area contributed by atoms with E-state index in [4.69, 9.17) is 21.2 Å². The molecule has 0 bridgehead atoms. The molecule has 4 aromatic rings. The molecule has 0 saturated heterocycles. The first kappa shape index (κ1) is 18.6. The molecule has 3 heterocycles. The molecule has 0 aliphatic heterocycles. The Morgan fingerprint density at radius 1 is 1.13 bits per heavy atom. The number of anilines is 2. The minimum Gasteiger partial charge on any atom is -0.497 e. The highest BCUT2D eigenvalue weighted by Crippen LogP contribution is 2.32. The number of methoxy groups -OCH3 is 1. The largest absolute Gasteiger partial charge is 0.497 e. The van der Waals surface area contributed by atoms with Crippen LogP contribution in [-0.4, -0.2) is 39.1 Å². The molecular weight excluding hydrogens is 378 g/mol. The number of aromatic nitrogens is 4. The smallest absolute Gasteiger partial charge is 0.223 e. The van der Waals surface area contributed by atoms with Gasteiger partial charge >= 0.3 is 0 Å². The lowest BCUT2D eigenvalue weighted by molar-refractivity contribution is 0.402. The van der Waals surface area contributed by atoms with E-state index >= 15 is 0 Å². The molecule has 8 heteroatoms. The molecule has 0 amide bonds. The summed E-state index contributed by atoms with van der Waals surface area (Å²) in [5.74, 6) is 1.79. The summed E-state index contributed by atoms with van der Waals surface area (Å²) in [4.78, 5) is 17.1. The lowest BCUT2D eigenvalue weighted by atomic mass is 9.91. The van der Waals surface area contributed by atoms with Crippen molar-refractivity contribution in [2.24, 2.45) is 5.73 Å². The third kappa shape index (κ3) is 3.29. The molecule has 0 unspecified atom stereocenters. The van der Waals surface area contributed by atoms with Gasteiger partial charge in [-0.2, -0.15) is 0 Å². The first-order valence-electron chi connectivity index (χ1n) is 10.2. The number of H-pyrrole nitrogens is 1. The van der Waals surface area contributed by atoms with Crippen LogP contribution in [0.4, 0.5) is 11.8 Å². The van der Waals surface area contributed by atoms with Gasteiger partial charge in [0.2, 0.25) is 5.95 Å². The molecule has 3 aromatic heterocycles. The lowest BCUT2D eigenvalue weighted by Gasteiger charge is -2.29. The number of pyridine rings is 1. The number of benzene rings is 1. The lowest BCUT2D eigenvalue weighted by Crippen LogP contribution is -2.42. The van der Waals surface area contributed by atoms with Crippen LogP contribution in [0.25, 0.3) is 33.1 Å². The third-order valence-electron chi connectivity index (χ3n) is 5.90. The molecular formula is C22H25N7O. The van der Waals surface area contributed by atoms with Gasteiger partial charge in [-0.05, 0) is 37.1 Å². The minimum atomic E-state index is 0.115. The van der Waals surface area contributed by atoms with Crippen molar-refractivity contribution in [2.75, 3.05) is 18.2 Å². The normalized spacial score (nSPS) is 19.3. The Labute approximate surface area is 174 Å². The van der Waals surface area contributed by atoms with Crippen LogP contribution in [0.3, 0.4) is 0 Å². The van der Waals surface area contributed by atoms with Gasteiger partial charge < -0.3 is 26.5 Å². The van der Waals surface area contributed by atoms with Crippen molar-refractivity contribution < 1.29 is 4.74 Å². The average Bonchev–Trinajstić information content (AvgIpc) is 3.18. The average molecular weight is 403 g/mol. The van der Waals surface area contributed by atoms with Crippen LogP contribution in [-0.2, 0) is 0 Å². The molecule has 1 saturated carbocycles. The zero-order valence-electron chi connectivity index (χ0n) is 16.9. The van der Waals surface area contributed by atoms with Crippen LogP contribution in [0.15, 0.2) is 36.7 Å².